The zero-order valence-electron chi connectivity index (χ0n) is 5.82. The first-order valence-corrected chi connectivity index (χ1v) is 6.03. The molecule has 0 aromatic carbocycles. The molecule has 0 rings (SSSR count). The van der Waals surface area contributed by atoms with Crippen molar-refractivity contribution in [3.05, 3.63) is 0 Å². The van der Waals surface area contributed by atoms with Gasteiger partial charge >= 0.3 is 0 Å². The fourth-order valence-electron chi connectivity index (χ4n) is 0.748. The van der Waals surface area contributed by atoms with Gasteiger partial charge in [0, 0.05) is 9.52 Å². The van der Waals surface area contributed by atoms with Crippen LogP contribution in [0.3, 0.4) is 0 Å². The van der Waals surface area contributed by atoms with Crippen LogP contribution in [-0.2, 0) is 0 Å². The third kappa shape index (κ3) is 6.18. The Kier molecular flexibility index (Phi) is 7.34. The summed E-state index contributed by atoms with van der Waals surface area (Å²) in [4.78, 5) is 0. The molecule has 0 radical (unpaired) electrons. The van der Waals surface area contributed by atoms with E-state index in [0.29, 0.717) is 9.52 Å². The molecule has 0 saturated carbocycles. The Bertz CT molecular complexity index is 33.5. The standard InChI is InChI=1S/C6H17NSi/c1-8-6-4-2-3-5-7/h2-8H2,1H3. The Morgan fingerprint density at radius 1 is 1.25 bits per heavy atom. The predicted molar refractivity (Wildman–Crippen MR) is 42.1 cm³/mol. The van der Waals surface area contributed by atoms with Crippen LogP contribution in [0, 0.1) is 0 Å². The highest BCUT2D eigenvalue weighted by Gasteiger charge is 1.83. The minimum absolute atomic E-state index is 0.345. The Hall–Kier alpha value is 0.177. The van der Waals surface area contributed by atoms with Crippen LogP contribution in [0.25, 0.3) is 0 Å². The van der Waals surface area contributed by atoms with E-state index in [0.717, 1.165) is 6.54 Å². The van der Waals surface area contributed by atoms with Gasteiger partial charge in [-0.05, 0) is 13.0 Å². The van der Waals surface area contributed by atoms with Crippen LogP contribution < -0.4 is 5.73 Å². The van der Waals surface area contributed by atoms with Gasteiger partial charge in [0.2, 0.25) is 0 Å². The van der Waals surface area contributed by atoms with E-state index in [9.17, 15) is 0 Å². The van der Waals surface area contributed by atoms with E-state index in [-0.39, 0.29) is 0 Å². The summed E-state index contributed by atoms with van der Waals surface area (Å²) in [5.74, 6) is 0. The molecule has 2 N–H and O–H groups in total. The van der Waals surface area contributed by atoms with Crippen LogP contribution in [0.4, 0.5) is 0 Å². The quantitative estimate of drug-likeness (QED) is 0.432. The molecule has 0 aliphatic rings. The summed E-state index contributed by atoms with van der Waals surface area (Å²) in [7, 11) is 0.345. The van der Waals surface area contributed by atoms with Gasteiger partial charge in [0.15, 0.2) is 0 Å². The normalized spacial score (nSPS) is 11.2. The number of rotatable bonds is 5. The molecule has 0 unspecified atom stereocenters. The van der Waals surface area contributed by atoms with Crippen molar-refractivity contribution in [1.29, 1.82) is 0 Å². The molecule has 0 spiro atoms. The summed E-state index contributed by atoms with van der Waals surface area (Å²) in [5, 5.41) is 0. The first-order valence-electron chi connectivity index (χ1n) is 3.62. The van der Waals surface area contributed by atoms with Crippen LogP contribution in [0.15, 0.2) is 0 Å². The summed E-state index contributed by atoms with van der Waals surface area (Å²) in [6.07, 6.45) is 4.02. The zero-order valence-corrected chi connectivity index (χ0v) is 7.23. The maximum atomic E-state index is 5.32. The highest BCUT2D eigenvalue weighted by atomic mass is 28.2. The number of hydrogen-bond acceptors (Lipinski definition) is 1. The highest BCUT2D eigenvalue weighted by molar-refractivity contribution is 6.33. The third-order valence-electron chi connectivity index (χ3n) is 1.31. The SMILES string of the molecule is C[SiH2]CCCCCN. The van der Waals surface area contributed by atoms with Crippen molar-refractivity contribution in [1.82, 2.24) is 0 Å². The van der Waals surface area contributed by atoms with Gasteiger partial charge in [-0.2, -0.15) is 0 Å². The average Bonchev–Trinajstić information content (AvgIpc) is 1.81. The van der Waals surface area contributed by atoms with Gasteiger partial charge in [-0.3, -0.25) is 0 Å². The minimum Gasteiger partial charge on any atom is -0.330 e. The van der Waals surface area contributed by atoms with Crippen LogP contribution >= 0.6 is 0 Å². The Morgan fingerprint density at radius 3 is 2.50 bits per heavy atom. The van der Waals surface area contributed by atoms with Crippen molar-refractivity contribution in [3.8, 4) is 0 Å². The number of hydrogen-bond donors (Lipinski definition) is 1. The molecule has 0 aliphatic heterocycles. The molecular formula is C6H17NSi. The van der Waals surface area contributed by atoms with Crippen molar-refractivity contribution in [2.75, 3.05) is 6.54 Å². The van der Waals surface area contributed by atoms with E-state index in [1.54, 1.807) is 0 Å². The lowest BCUT2D eigenvalue weighted by Gasteiger charge is -1.93. The van der Waals surface area contributed by atoms with Crippen molar-refractivity contribution in [2.24, 2.45) is 5.73 Å². The fourth-order valence-corrected chi connectivity index (χ4v) is 1.60. The molecule has 1 nitrogen and oxygen atoms in total. The lowest BCUT2D eigenvalue weighted by atomic mass is 10.2. The van der Waals surface area contributed by atoms with Gasteiger partial charge in [-0.15, -0.1) is 0 Å². The maximum absolute atomic E-state index is 5.32. The largest absolute Gasteiger partial charge is 0.330 e. The van der Waals surface area contributed by atoms with Crippen LogP contribution in [-0.4, -0.2) is 16.1 Å². The first-order chi connectivity index (χ1) is 3.91. The molecule has 0 aromatic heterocycles. The lowest BCUT2D eigenvalue weighted by molar-refractivity contribution is 0.725. The van der Waals surface area contributed by atoms with E-state index in [1.807, 2.05) is 0 Å². The van der Waals surface area contributed by atoms with Gasteiger partial charge in [0.1, 0.15) is 0 Å². The molecule has 0 aliphatic carbocycles. The topological polar surface area (TPSA) is 26.0 Å². The molecular weight excluding hydrogens is 114 g/mol. The monoisotopic (exact) mass is 131 g/mol. The summed E-state index contributed by atoms with van der Waals surface area (Å²) < 4.78 is 0. The number of unbranched alkanes of at least 4 members (excludes halogenated alkanes) is 2. The summed E-state index contributed by atoms with van der Waals surface area (Å²) in [5.41, 5.74) is 5.32. The minimum atomic E-state index is 0.345. The average molecular weight is 131 g/mol. The van der Waals surface area contributed by atoms with Gasteiger partial charge in [0.25, 0.3) is 0 Å². The van der Waals surface area contributed by atoms with Gasteiger partial charge in [-0.1, -0.05) is 25.4 Å². The van der Waals surface area contributed by atoms with E-state index in [1.165, 1.54) is 25.3 Å². The summed E-state index contributed by atoms with van der Waals surface area (Å²) >= 11 is 0. The second-order valence-corrected chi connectivity index (χ2v) is 3.91. The van der Waals surface area contributed by atoms with Crippen molar-refractivity contribution >= 4 is 9.52 Å². The van der Waals surface area contributed by atoms with Crippen molar-refractivity contribution in [3.63, 3.8) is 0 Å². The van der Waals surface area contributed by atoms with Crippen molar-refractivity contribution in [2.45, 2.75) is 31.9 Å². The zero-order chi connectivity index (χ0) is 6.24. The Morgan fingerprint density at radius 2 is 2.00 bits per heavy atom. The maximum Gasteiger partial charge on any atom is 0.0166 e. The molecule has 2 heteroatoms. The smallest absolute Gasteiger partial charge is 0.0166 e. The first kappa shape index (κ1) is 8.18. The summed E-state index contributed by atoms with van der Waals surface area (Å²) in [6, 6.07) is 1.51. The molecule has 0 atom stereocenters. The molecule has 0 heterocycles. The second kappa shape index (κ2) is 7.18. The highest BCUT2D eigenvalue weighted by Crippen LogP contribution is 1.96. The Labute approximate surface area is 54.5 Å². The predicted octanol–water partition coefficient (Wildman–Crippen LogP) is 0.751. The Balaban J connectivity index is 2.53. The third-order valence-corrected chi connectivity index (χ3v) is 2.51. The van der Waals surface area contributed by atoms with E-state index in [4.69, 9.17) is 5.73 Å². The molecule has 0 fully saturated rings. The second-order valence-electron chi connectivity index (χ2n) is 2.20. The van der Waals surface area contributed by atoms with Gasteiger partial charge in [-0.25, -0.2) is 0 Å². The molecule has 0 amide bonds. The molecule has 0 aromatic rings. The van der Waals surface area contributed by atoms with Crippen molar-refractivity contribution < 1.29 is 0 Å². The summed E-state index contributed by atoms with van der Waals surface area (Å²) in [6.45, 7) is 3.24. The van der Waals surface area contributed by atoms with Gasteiger partial charge < -0.3 is 5.73 Å². The van der Waals surface area contributed by atoms with Crippen LogP contribution in [0.1, 0.15) is 19.3 Å². The van der Waals surface area contributed by atoms with E-state index in [2.05, 4.69) is 6.55 Å². The van der Waals surface area contributed by atoms with E-state index >= 15 is 0 Å². The van der Waals surface area contributed by atoms with Gasteiger partial charge in [0.05, 0.1) is 0 Å². The fraction of sp³-hybridized carbons (Fsp3) is 1.00. The van der Waals surface area contributed by atoms with Crippen LogP contribution in [0.2, 0.25) is 12.6 Å². The molecule has 8 heavy (non-hydrogen) atoms. The number of nitrogens with two attached hydrogens (primary N) is 1. The molecule has 0 saturated heterocycles. The molecule has 50 valence electrons. The van der Waals surface area contributed by atoms with E-state index < -0.39 is 0 Å². The molecule has 0 bridgehead atoms. The lowest BCUT2D eigenvalue weighted by Crippen LogP contribution is -1.97. The van der Waals surface area contributed by atoms with Crippen LogP contribution in [0.5, 0.6) is 0 Å².